The van der Waals surface area contributed by atoms with Crippen LogP contribution in [0.4, 0.5) is 0 Å². The molecule has 3 aromatic carbocycles. The average molecular weight is 383 g/mol. The first-order valence-corrected chi connectivity index (χ1v) is 10.00. The monoisotopic (exact) mass is 383 g/mol. The maximum absolute atomic E-state index is 13.0. The van der Waals surface area contributed by atoms with Gasteiger partial charge in [-0.05, 0) is 38.1 Å². The molecular formula is C25H25N3O. The van der Waals surface area contributed by atoms with Gasteiger partial charge in [-0.1, -0.05) is 78.9 Å². The second-order valence-electron chi connectivity index (χ2n) is 7.38. The van der Waals surface area contributed by atoms with Crippen molar-refractivity contribution in [2.75, 3.05) is 13.6 Å². The summed E-state index contributed by atoms with van der Waals surface area (Å²) in [5.41, 5.74) is 3.16. The van der Waals surface area contributed by atoms with Gasteiger partial charge in [0, 0.05) is 10.9 Å². The van der Waals surface area contributed by atoms with Crippen molar-refractivity contribution >= 4 is 10.8 Å². The van der Waals surface area contributed by atoms with Gasteiger partial charge >= 0.3 is 0 Å². The first-order valence-electron chi connectivity index (χ1n) is 10.00. The first-order chi connectivity index (χ1) is 14.2. The number of nitrogens with zero attached hydrogens (tertiary/aromatic N) is 3. The highest BCUT2D eigenvalue weighted by Gasteiger charge is 2.13. The third-order valence-corrected chi connectivity index (χ3v) is 5.14. The second-order valence-corrected chi connectivity index (χ2v) is 7.38. The summed E-state index contributed by atoms with van der Waals surface area (Å²) >= 11 is 0. The topological polar surface area (TPSA) is 38.1 Å². The van der Waals surface area contributed by atoms with Gasteiger partial charge in [0.25, 0.3) is 5.56 Å². The van der Waals surface area contributed by atoms with Gasteiger partial charge in [0.1, 0.15) is 0 Å². The number of hydrogen-bond acceptors (Lipinski definition) is 3. The van der Waals surface area contributed by atoms with E-state index in [9.17, 15) is 4.79 Å². The van der Waals surface area contributed by atoms with Crippen LogP contribution in [0.5, 0.6) is 0 Å². The van der Waals surface area contributed by atoms with Crippen molar-refractivity contribution < 1.29 is 0 Å². The van der Waals surface area contributed by atoms with Gasteiger partial charge in [0.15, 0.2) is 0 Å². The summed E-state index contributed by atoms with van der Waals surface area (Å²) in [5.74, 6) is 0. The summed E-state index contributed by atoms with van der Waals surface area (Å²) in [6, 6.07) is 28.3. The van der Waals surface area contributed by atoms with E-state index in [4.69, 9.17) is 5.10 Å². The molecule has 1 aromatic heterocycles. The Bertz CT molecular complexity index is 1140. The van der Waals surface area contributed by atoms with Gasteiger partial charge in [0.05, 0.1) is 17.7 Å². The molecule has 0 bridgehead atoms. The third kappa shape index (κ3) is 4.44. The quantitative estimate of drug-likeness (QED) is 0.469. The Morgan fingerprint density at radius 2 is 1.45 bits per heavy atom. The van der Waals surface area contributed by atoms with Crippen molar-refractivity contribution in [3.8, 4) is 11.3 Å². The molecule has 146 valence electrons. The minimum Gasteiger partial charge on any atom is -0.287 e. The normalized spacial score (nSPS) is 11.2. The molecule has 1 heterocycles. The zero-order valence-corrected chi connectivity index (χ0v) is 16.7. The van der Waals surface area contributed by atoms with Crippen molar-refractivity contribution in [2.24, 2.45) is 0 Å². The Morgan fingerprint density at radius 3 is 2.17 bits per heavy atom. The van der Waals surface area contributed by atoms with Crippen LogP contribution >= 0.6 is 0 Å². The fourth-order valence-corrected chi connectivity index (χ4v) is 3.64. The molecule has 0 saturated heterocycles. The van der Waals surface area contributed by atoms with Crippen molar-refractivity contribution in [3.05, 3.63) is 101 Å². The zero-order valence-electron chi connectivity index (χ0n) is 16.7. The average Bonchev–Trinajstić information content (AvgIpc) is 2.77. The van der Waals surface area contributed by atoms with Crippen LogP contribution in [0, 0.1) is 0 Å². The highest BCUT2D eigenvalue weighted by molar-refractivity contribution is 5.93. The first kappa shape index (κ1) is 19.1. The highest BCUT2D eigenvalue weighted by Crippen LogP contribution is 2.24. The molecule has 0 radical (unpaired) electrons. The zero-order chi connectivity index (χ0) is 20.1. The Balaban J connectivity index is 1.57. The molecule has 0 aliphatic heterocycles. The van der Waals surface area contributed by atoms with Gasteiger partial charge < -0.3 is 0 Å². The van der Waals surface area contributed by atoms with Gasteiger partial charge in [-0.15, -0.1) is 0 Å². The number of aryl methyl sites for hydroxylation is 1. The molecule has 4 aromatic rings. The van der Waals surface area contributed by atoms with Crippen LogP contribution in [0.3, 0.4) is 0 Å². The lowest BCUT2D eigenvalue weighted by Crippen LogP contribution is -2.32. The molecule has 0 amide bonds. The van der Waals surface area contributed by atoms with Gasteiger partial charge in [-0.3, -0.25) is 9.69 Å². The summed E-state index contributed by atoms with van der Waals surface area (Å²) < 4.78 is 1.59. The van der Waals surface area contributed by atoms with Crippen LogP contribution < -0.4 is 5.56 Å². The Hall–Kier alpha value is -3.24. The summed E-state index contributed by atoms with van der Waals surface area (Å²) in [5, 5.41) is 6.34. The number of fused-ring (bicyclic) bond motifs is 1. The van der Waals surface area contributed by atoms with Crippen LogP contribution in [-0.2, 0) is 13.1 Å². The summed E-state index contributed by atoms with van der Waals surface area (Å²) in [7, 11) is 2.04. The molecule has 4 rings (SSSR count). The van der Waals surface area contributed by atoms with E-state index in [-0.39, 0.29) is 5.56 Å². The van der Waals surface area contributed by atoms with Gasteiger partial charge in [-0.25, -0.2) is 4.68 Å². The molecule has 0 atom stereocenters. The molecule has 4 heteroatoms. The Labute approximate surface area is 171 Å². The predicted octanol–water partition coefficient (Wildman–Crippen LogP) is 4.59. The van der Waals surface area contributed by atoms with E-state index in [1.165, 1.54) is 5.56 Å². The molecule has 0 unspecified atom stereocenters. The van der Waals surface area contributed by atoms with Crippen molar-refractivity contribution in [2.45, 2.75) is 19.5 Å². The van der Waals surface area contributed by atoms with E-state index >= 15 is 0 Å². The summed E-state index contributed by atoms with van der Waals surface area (Å²) in [4.78, 5) is 15.2. The SMILES string of the molecule is CN(CCCc1ccccc1)Cn1nc(-c2ccccc2)c2ccccc2c1=O. The van der Waals surface area contributed by atoms with Crippen molar-refractivity contribution in [3.63, 3.8) is 0 Å². The lowest BCUT2D eigenvalue weighted by Gasteiger charge is -2.19. The van der Waals surface area contributed by atoms with E-state index in [0.29, 0.717) is 12.1 Å². The summed E-state index contributed by atoms with van der Waals surface area (Å²) in [6.07, 6.45) is 2.06. The van der Waals surface area contributed by atoms with E-state index in [2.05, 4.69) is 29.2 Å². The Morgan fingerprint density at radius 1 is 0.828 bits per heavy atom. The van der Waals surface area contributed by atoms with Gasteiger partial charge in [-0.2, -0.15) is 5.10 Å². The van der Waals surface area contributed by atoms with Crippen LogP contribution in [0.15, 0.2) is 89.7 Å². The van der Waals surface area contributed by atoms with Crippen molar-refractivity contribution in [1.82, 2.24) is 14.7 Å². The van der Waals surface area contributed by atoms with Crippen molar-refractivity contribution in [1.29, 1.82) is 0 Å². The van der Waals surface area contributed by atoms with Crippen LogP contribution in [0.25, 0.3) is 22.0 Å². The number of benzene rings is 3. The molecule has 0 N–H and O–H groups in total. The van der Waals surface area contributed by atoms with E-state index in [1.54, 1.807) is 4.68 Å². The molecule has 4 nitrogen and oxygen atoms in total. The smallest absolute Gasteiger partial charge is 0.275 e. The Kier molecular flexibility index (Phi) is 5.82. The minimum atomic E-state index is -0.0461. The third-order valence-electron chi connectivity index (χ3n) is 5.14. The predicted molar refractivity (Wildman–Crippen MR) is 119 cm³/mol. The molecule has 0 spiro atoms. The van der Waals surface area contributed by atoms with E-state index in [0.717, 1.165) is 36.0 Å². The standard InChI is InChI=1S/C25H25N3O/c1-27(18-10-13-20-11-4-2-5-12-20)19-28-25(29)23-17-9-8-16-22(23)24(26-28)21-14-6-3-7-15-21/h2-9,11-12,14-17H,10,13,18-19H2,1H3. The van der Waals surface area contributed by atoms with Crippen LogP contribution in [0.2, 0.25) is 0 Å². The molecule has 0 aliphatic carbocycles. The van der Waals surface area contributed by atoms with E-state index < -0.39 is 0 Å². The maximum atomic E-state index is 13.0. The molecule has 0 fully saturated rings. The van der Waals surface area contributed by atoms with Gasteiger partial charge in [0.2, 0.25) is 0 Å². The molecule has 0 saturated carbocycles. The molecule has 0 aliphatic rings. The molecular weight excluding hydrogens is 358 g/mol. The van der Waals surface area contributed by atoms with Crippen LogP contribution in [0.1, 0.15) is 12.0 Å². The summed E-state index contributed by atoms with van der Waals surface area (Å²) in [6.45, 7) is 1.37. The minimum absolute atomic E-state index is 0.0461. The number of rotatable bonds is 7. The van der Waals surface area contributed by atoms with Crippen LogP contribution in [-0.4, -0.2) is 28.3 Å². The fraction of sp³-hybridized carbons (Fsp3) is 0.200. The molecule has 29 heavy (non-hydrogen) atoms. The largest absolute Gasteiger partial charge is 0.287 e. The second kappa shape index (κ2) is 8.84. The number of hydrogen-bond donors (Lipinski definition) is 0. The fourth-order valence-electron chi connectivity index (χ4n) is 3.64. The lowest BCUT2D eigenvalue weighted by atomic mass is 10.1. The number of aromatic nitrogens is 2. The van der Waals surface area contributed by atoms with E-state index in [1.807, 2.05) is 67.7 Å². The maximum Gasteiger partial charge on any atom is 0.275 e. The lowest BCUT2D eigenvalue weighted by molar-refractivity contribution is 0.246. The highest BCUT2D eigenvalue weighted by atomic mass is 16.1.